The lowest BCUT2D eigenvalue weighted by Gasteiger charge is -2.22. The maximum absolute atomic E-state index is 12.6. The van der Waals surface area contributed by atoms with Crippen LogP contribution in [-0.4, -0.2) is 23.9 Å². The fourth-order valence-electron chi connectivity index (χ4n) is 2.65. The summed E-state index contributed by atoms with van der Waals surface area (Å²) in [5, 5.41) is 4.97. The molecule has 1 aromatic heterocycles. The van der Waals surface area contributed by atoms with E-state index in [1.165, 1.54) is 4.68 Å². The van der Waals surface area contributed by atoms with Gasteiger partial charge in [0.25, 0.3) is 5.56 Å². The molecular formula is C19H17Cl2N3O2. The first-order chi connectivity index (χ1) is 12.5. The third kappa shape index (κ3) is 3.69. The maximum Gasteiger partial charge on any atom is 0.292 e. The number of anilines is 1. The van der Waals surface area contributed by atoms with Crippen LogP contribution in [0.1, 0.15) is 5.56 Å². The molecule has 5 nitrogen and oxygen atoms in total. The molecule has 0 saturated heterocycles. The van der Waals surface area contributed by atoms with Crippen LogP contribution in [0.25, 0.3) is 5.69 Å². The Morgan fingerprint density at radius 2 is 1.88 bits per heavy atom. The third-order valence-electron chi connectivity index (χ3n) is 3.96. The number of methoxy groups -OCH3 is 1. The van der Waals surface area contributed by atoms with Crippen molar-refractivity contribution >= 4 is 28.9 Å². The fourth-order valence-corrected chi connectivity index (χ4v) is 3.12. The standard InChI is InChI=1S/C19H17Cl2N3O2/c1-23(12-13-10-14(20)8-9-17(13)26-2)16-11-22-24(19(25)18(16)21)15-6-4-3-5-7-15/h3-11H,12H2,1-2H3. The zero-order valence-corrected chi connectivity index (χ0v) is 15.8. The van der Waals surface area contributed by atoms with Crippen LogP contribution >= 0.6 is 23.2 Å². The summed E-state index contributed by atoms with van der Waals surface area (Å²) in [6, 6.07) is 14.5. The van der Waals surface area contributed by atoms with E-state index in [4.69, 9.17) is 27.9 Å². The van der Waals surface area contributed by atoms with E-state index in [2.05, 4.69) is 5.10 Å². The Bertz CT molecular complexity index is 974. The number of halogens is 2. The Balaban J connectivity index is 1.94. The molecule has 0 atom stereocenters. The summed E-state index contributed by atoms with van der Waals surface area (Å²) in [6.07, 6.45) is 1.58. The van der Waals surface area contributed by atoms with Gasteiger partial charge in [0.05, 0.1) is 24.7 Å². The van der Waals surface area contributed by atoms with Gasteiger partial charge in [-0.05, 0) is 30.3 Å². The van der Waals surface area contributed by atoms with E-state index in [9.17, 15) is 4.79 Å². The van der Waals surface area contributed by atoms with Crippen LogP contribution in [-0.2, 0) is 6.54 Å². The molecule has 0 N–H and O–H groups in total. The zero-order valence-electron chi connectivity index (χ0n) is 14.3. The van der Waals surface area contributed by atoms with Gasteiger partial charge in [-0.1, -0.05) is 41.4 Å². The Hall–Kier alpha value is -2.50. The van der Waals surface area contributed by atoms with E-state index in [0.717, 1.165) is 5.56 Å². The first-order valence-corrected chi connectivity index (χ1v) is 8.63. The zero-order chi connectivity index (χ0) is 18.7. The molecule has 1 heterocycles. The maximum atomic E-state index is 12.6. The van der Waals surface area contributed by atoms with Crippen molar-refractivity contribution in [1.29, 1.82) is 0 Å². The van der Waals surface area contributed by atoms with Crippen LogP contribution < -0.4 is 15.2 Å². The molecule has 0 aliphatic heterocycles. The van der Waals surface area contributed by atoms with Crippen molar-refractivity contribution in [3.8, 4) is 11.4 Å². The number of rotatable bonds is 5. The number of hydrogen-bond acceptors (Lipinski definition) is 4. The van der Waals surface area contributed by atoms with E-state index in [1.54, 1.807) is 37.6 Å². The van der Waals surface area contributed by atoms with Gasteiger partial charge in [-0.15, -0.1) is 0 Å². The number of aromatic nitrogens is 2. The van der Waals surface area contributed by atoms with Gasteiger partial charge in [0.15, 0.2) is 0 Å². The molecule has 0 unspecified atom stereocenters. The third-order valence-corrected chi connectivity index (χ3v) is 4.55. The minimum absolute atomic E-state index is 0.104. The summed E-state index contributed by atoms with van der Waals surface area (Å²) in [7, 11) is 3.43. The highest BCUT2D eigenvalue weighted by atomic mass is 35.5. The fraction of sp³-hybridized carbons (Fsp3) is 0.158. The molecule has 2 aromatic carbocycles. The second-order valence-corrected chi connectivity index (χ2v) is 6.52. The molecule has 0 radical (unpaired) electrons. The van der Waals surface area contributed by atoms with Crippen molar-refractivity contribution in [2.24, 2.45) is 0 Å². The molecule has 0 aliphatic carbocycles. The summed E-state index contributed by atoms with van der Waals surface area (Å²) in [5.74, 6) is 0.711. The van der Waals surface area contributed by atoms with Crippen LogP contribution in [0.3, 0.4) is 0 Å². The molecular weight excluding hydrogens is 373 g/mol. The minimum Gasteiger partial charge on any atom is -0.496 e. The average molecular weight is 390 g/mol. The average Bonchev–Trinajstić information content (AvgIpc) is 2.64. The van der Waals surface area contributed by atoms with E-state index in [1.807, 2.05) is 36.2 Å². The lowest BCUT2D eigenvalue weighted by atomic mass is 10.2. The lowest BCUT2D eigenvalue weighted by Crippen LogP contribution is -2.26. The number of ether oxygens (including phenoxy) is 1. The highest BCUT2D eigenvalue weighted by molar-refractivity contribution is 6.33. The summed E-state index contributed by atoms with van der Waals surface area (Å²) in [6.45, 7) is 0.458. The van der Waals surface area contributed by atoms with Gasteiger partial charge in [-0.3, -0.25) is 4.79 Å². The summed E-state index contributed by atoms with van der Waals surface area (Å²) in [4.78, 5) is 14.5. The predicted molar refractivity (Wildman–Crippen MR) is 105 cm³/mol. The highest BCUT2D eigenvalue weighted by Gasteiger charge is 2.15. The van der Waals surface area contributed by atoms with E-state index in [-0.39, 0.29) is 10.6 Å². The quantitative estimate of drug-likeness (QED) is 0.656. The summed E-state index contributed by atoms with van der Waals surface area (Å²) >= 11 is 12.4. The number of benzene rings is 2. The van der Waals surface area contributed by atoms with Crippen LogP contribution in [0.2, 0.25) is 10.0 Å². The monoisotopic (exact) mass is 389 g/mol. The smallest absolute Gasteiger partial charge is 0.292 e. The van der Waals surface area contributed by atoms with Crippen molar-refractivity contribution in [1.82, 2.24) is 9.78 Å². The van der Waals surface area contributed by atoms with E-state index in [0.29, 0.717) is 28.7 Å². The van der Waals surface area contributed by atoms with Crippen LogP contribution in [0, 0.1) is 0 Å². The Morgan fingerprint density at radius 3 is 2.58 bits per heavy atom. The molecule has 0 spiro atoms. The second kappa shape index (κ2) is 7.81. The molecule has 3 rings (SSSR count). The second-order valence-electron chi connectivity index (χ2n) is 5.71. The van der Waals surface area contributed by atoms with E-state index < -0.39 is 0 Å². The first-order valence-electron chi connectivity index (χ1n) is 7.88. The molecule has 0 bridgehead atoms. The van der Waals surface area contributed by atoms with Gasteiger partial charge in [-0.25, -0.2) is 0 Å². The minimum atomic E-state index is -0.375. The van der Waals surface area contributed by atoms with Gasteiger partial charge in [0.2, 0.25) is 0 Å². The molecule has 0 fully saturated rings. The Kier molecular flexibility index (Phi) is 5.49. The van der Waals surface area contributed by atoms with Crippen molar-refractivity contribution < 1.29 is 4.74 Å². The summed E-state index contributed by atoms with van der Waals surface area (Å²) in [5.41, 5.74) is 1.70. The van der Waals surface area contributed by atoms with Crippen molar-refractivity contribution in [3.05, 3.63) is 80.7 Å². The van der Waals surface area contributed by atoms with Crippen molar-refractivity contribution in [2.45, 2.75) is 6.54 Å². The molecule has 0 saturated carbocycles. The van der Waals surface area contributed by atoms with Gasteiger partial charge < -0.3 is 9.64 Å². The Morgan fingerprint density at radius 1 is 1.15 bits per heavy atom. The molecule has 0 aliphatic rings. The predicted octanol–water partition coefficient (Wildman–Crippen LogP) is 4.18. The largest absolute Gasteiger partial charge is 0.496 e. The van der Waals surface area contributed by atoms with E-state index >= 15 is 0 Å². The lowest BCUT2D eigenvalue weighted by molar-refractivity contribution is 0.409. The van der Waals surface area contributed by atoms with Crippen molar-refractivity contribution in [3.63, 3.8) is 0 Å². The van der Waals surface area contributed by atoms with Crippen molar-refractivity contribution in [2.75, 3.05) is 19.1 Å². The molecule has 3 aromatic rings. The molecule has 134 valence electrons. The topological polar surface area (TPSA) is 47.4 Å². The van der Waals surface area contributed by atoms with Crippen LogP contribution in [0.5, 0.6) is 5.75 Å². The number of hydrogen-bond donors (Lipinski definition) is 0. The molecule has 0 amide bonds. The Labute approximate surface area is 161 Å². The number of para-hydroxylation sites is 1. The normalized spacial score (nSPS) is 10.6. The van der Waals surface area contributed by atoms with Gasteiger partial charge in [0.1, 0.15) is 10.8 Å². The molecule has 7 heteroatoms. The van der Waals surface area contributed by atoms with Crippen LogP contribution in [0.15, 0.2) is 59.5 Å². The number of nitrogens with zero attached hydrogens (tertiary/aromatic N) is 3. The molecule has 26 heavy (non-hydrogen) atoms. The van der Waals surface area contributed by atoms with Gasteiger partial charge in [0, 0.05) is 24.2 Å². The SMILES string of the molecule is COc1ccc(Cl)cc1CN(C)c1cnn(-c2ccccc2)c(=O)c1Cl. The highest BCUT2D eigenvalue weighted by Crippen LogP contribution is 2.27. The van der Waals surface area contributed by atoms with Gasteiger partial charge in [-0.2, -0.15) is 9.78 Å². The van der Waals surface area contributed by atoms with Gasteiger partial charge >= 0.3 is 0 Å². The first kappa shape index (κ1) is 18.3. The van der Waals surface area contributed by atoms with Crippen LogP contribution in [0.4, 0.5) is 5.69 Å². The summed E-state index contributed by atoms with van der Waals surface area (Å²) < 4.78 is 6.65.